The molecule has 0 aliphatic rings. The van der Waals surface area contributed by atoms with Gasteiger partial charge in [0.2, 0.25) is 0 Å². The third kappa shape index (κ3) is 3.23. The number of imidazole rings is 1. The van der Waals surface area contributed by atoms with E-state index in [1.54, 1.807) is 7.11 Å². The van der Waals surface area contributed by atoms with Gasteiger partial charge in [-0.3, -0.25) is 0 Å². The number of pyridine rings is 1. The highest BCUT2D eigenvalue weighted by molar-refractivity contribution is 5.85. The summed E-state index contributed by atoms with van der Waals surface area (Å²) in [6.07, 6.45) is 4.64. The summed E-state index contributed by atoms with van der Waals surface area (Å²) in [7, 11) is 3.72. The molecular formula is C14H22N4O. The fraction of sp³-hybridized carbons (Fsp3) is 0.571. The zero-order valence-corrected chi connectivity index (χ0v) is 12.1. The van der Waals surface area contributed by atoms with Gasteiger partial charge >= 0.3 is 0 Å². The molecule has 0 unspecified atom stereocenters. The zero-order chi connectivity index (χ0) is 13.9. The van der Waals surface area contributed by atoms with Crippen LogP contribution >= 0.6 is 0 Å². The zero-order valence-electron chi connectivity index (χ0n) is 12.1. The molecule has 0 bridgehead atoms. The third-order valence-corrected chi connectivity index (χ3v) is 3.36. The summed E-state index contributed by atoms with van der Waals surface area (Å²) in [5, 5.41) is 3.41. The van der Waals surface area contributed by atoms with Gasteiger partial charge in [-0.15, -0.1) is 0 Å². The lowest BCUT2D eigenvalue weighted by molar-refractivity contribution is 0.157. The number of nitrogens with zero attached hydrogens (tertiary/aromatic N) is 3. The van der Waals surface area contributed by atoms with Crippen LogP contribution in [0.3, 0.4) is 0 Å². The molecule has 0 radical (unpaired) electrons. The molecule has 5 nitrogen and oxygen atoms in total. The second-order valence-electron chi connectivity index (χ2n) is 5.64. The summed E-state index contributed by atoms with van der Waals surface area (Å²) in [5.74, 6) is 0.851. The van der Waals surface area contributed by atoms with Crippen molar-refractivity contribution in [1.82, 2.24) is 14.5 Å². The molecule has 0 fully saturated rings. The van der Waals surface area contributed by atoms with E-state index >= 15 is 0 Å². The maximum absolute atomic E-state index is 5.14. The third-order valence-electron chi connectivity index (χ3n) is 3.36. The van der Waals surface area contributed by atoms with Gasteiger partial charge in [-0.05, 0) is 17.9 Å². The number of hydrogen-bond donors (Lipinski definition) is 1. The minimum absolute atomic E-state index is 0.161. The number of rotatable bonds is 6. The van der Waals surface area contributed by atoms with E-state index < -0.39 is 0 Å². The largest absolute Gasteiger partial charge is 0.385 e. The molecule has 0 aromatic carbocycles. The molecule has 1 N–H and O–H groups in total. The number of anilines is 1. The quantitative estimate of drug-likeness (QED) is 0.868. The Morgan fingerprint density at radius 2 is 2.16 bits per heavy atom. The molecule has 0 aliphatic heterocycles. The van der Waals surface area contributed by atoms with E-state index in [1.807, 2.05) is 30.2 Å². The number of fused-ring (bicyclic) bond motifs is 1. The number of nitrogens with one attached hydrogen (secondary N) is 1. The fourth-order valence-electron chi connectivity index (χ4n) is 1.98. The number of hydrogen-bond acceptors (Lipinski definition) is 4. The maximum atomic E-state index is 5.14. The summed E-state index contributed by atoms with van der Waals surface area (Å²) in [5.41, 5.74) is 2.17. The highest BCUT2D eigenvalue weighted by Crippen LogP contribution is 2.23. The molecule has 2 heterocycles. The SMILES string of the molecule is COCCC(C)(C)CNc1nccc2c1ncn2C. The van der Waals surface area contributed by atoms with Crippen LogP contribution in [0.4, 0.5) is 5.82 Å². The van der Waals surface area contributed by atoms with Crippen molar-refractivity contribution in [3.63, 3.8) is 0 Å². The second-order valence-corrected chi connectivity index (χ2v) is 5.64. The van der Waals surface area contributed by atoms with Crippen LogP contribution in [0.25, 0.3) is 11.0 Å². The highest BCUT2D eigenvalue weighted by Gasteiger charge is 2.18. The second kappa shape index (κ2) is 5.57. The van der Waals surface area contributed by atoms with Gasteiger partial charge in [-0.1, -0.05) is 13.8 Å². The van der Waals surface area contributed by atoms with E-state index in [1.165, 1.54) is 0 Å². The first-order valence-corrected chi connectivity index (χ1v) is 6.52. The van der Waals surface area contributed by atoms with Gasteiger partial charge < -0.3 is 14.6 Å². The smallest absolute Gasteiger partial charge is 0.154 e. The van der Waals surface area contributed by atoms with E-state index in [-0.39, 0.29) is 5.41 Å². The predicted octanol–water partition coefficient (Wildman–Crippen LogP) is 2.44. The molecule has 0 saturated carbocycles. The molecule has 0 saturated heterocycles. The Bertz CT molecular complexity index is 547. The number of methoxy groups -OCH3 is 1. The lowest BCUT2D eigenvalue weighted by Crippen LogP contribution is -2.25. The van der Waals surface area contributed by atoms with Crippen molar-refractivity contribution in [1.29, 1.82) is 0 Å². The van der Waals surface area contributed by atoms with E-state index in [0.717, 1.165) is 36.4 Å². The van der Waals surface area contributed by atoms with Crippen LogP contribution in [0.1, 0.15) is 20.3 Å². The first-order chi connectivity index (χ1) is 9.03. The van der Waals surface area contributed by atoms with Crippen molar-refractivity contribution in [2.45, 2.75) is 20.3 Å². The van der Waals surface area contributed by atoms with Crippen LogP contribution in [-0.2, 0) is 11.8 Å². The molecule has 104 valence electrons. The number of ether oxygens (including phenoxy) is 1. The van der Waals surface area contributed by atoms with E-state index in [2.05, 4.69) is 29.1 Å². The van der Waals surface area contributed by atoms with Crippen molar-refractivity contribution in [2.24, 2.45) is 12.5 Å². The average molecular weight is 262 g/mol. The molecule has 0 aliphatic carbocycles. The Labute approximate surface area is 114 Å². The Morgan fingerprint density at radius 1 is 1.37 bits per heavy atom. The standard InChI is InChI=1S/C14H22N4O/c1-14(2,6-8-19-4)9-16-13-12-11(5-7-15-13)18(3)10-17-12/h5,7,10H,6,8-9H2,1-4H3,(H,15,16). The van der Waals surface area contributed by atoms with Gasteiger partial charge in [0.1, 0.15) is 5.52 Å². The summed E-state index contributed by atoms with van der Waals surface area (Å²) in [6.45, 7) is 6.06. The fourth-order valence-corrected chi connectivity index (χ4v) is 1.98. The number of aromatic nitrogens is 3. The minimum Gasteiger partial charge on any atom is -0.385 e. The van der Waals surface area contributed by atoms with Crippen molar-refractivity contribution in [3.8, 4) is 0 Å². The lowest BCUT2D eigenvalue weighted by atomic mass is 9.90. The molecule has 0 amide bonds. The molecular weight excluding hydrogens is 240 g/mol. The number of aryl methyl sites for hydroxylation is 1. The van der Waals surface area contributed by atoms with Gasteiger partial charge in [0.05, 0.1) is 11.8 Å². The topological polar surface area (TPSA) is 52.0 Å². The van der Waals surface area contributed by atoms with Crippen LogP contribution in [0.2, 0.25) is 0 Å². The van der Waals surface area contributed by atoms with Gasteiger partial charge in [0.15, 0.2) is 5.82 Å². The monoisotopic (exact) mass is 262 g/mol. The molecule has 0 spiro atoms. The molecule has 5 heteroatoms. The predicted molar refractivity (Wildman–Crippen MR) is 77.3 cm³/mol. The van der Waals surface area contributed by atoms with Crippen LogP contribution in [-0.4, -0.2) is 34.8 Å². The summed E-state index contributed by atoms with van der Waals surface area (Å²) < 4.78 is 7.14. The van der Waals surface area contributed by atoms with Crippen LogP contribution < -0.4 is 5.32 Å². The molecule has 0 atom stereocenters. The van der Waals surface area contributed by atoms with Gasteiger partial charge in [-0.2, -0.15) is 0 Å². The van der Waals surface area contributed by atoms with Gasteiger partial charge in [-0.25, -0.2) is 9.97 Å². The Kier molecular flexibility index (Phi) is 4.04. The minimum atomic E-state index is 0.161. The van der Waals surface area contributed by atoms with Crippen molar-refractivity contribution in [2.75, 3.05) is 25.6 Å². The maximum Gasteiger partial charge on any atom is 0.154 e. The van der Waals surface area contributed by atoms with E-state index in [0.29, 0.717) is 0 Å². The Hall–Kier alpha value is -1.62. The first-order valence-electron chi connectivity index (χ1n) is 6.52. The van der Waals surface area contributed by atoms with Gasteiger partial charge in [0, 0.05) is 33.5 Å². The summed E-state index contributed by atoms with van der Waals surface area (Å²) >= 11 is 0. The van der Waals surface area contributed by atoms with Crippen LogP contribution in [0.15, 0.2) is 18.6 Å². The van der Waals surface area contributed by atoms with E-state index in [9.17, 15) is 0 Å². The van der Waals surface area contributed by atoms with Crippen molar-refractivity contribution < 1.29 is 4.74 Å². The Balaban J connectivity index is 2.09. The highest BCUT2D eigenvalue weighted by atomic mass is 16.5. The van der Waals surface area contributed by atoms with E-state index in [4.69, 9.17) is 4.74 Å². The van der Waals surface area contributed by atoms with Crippen LogP contribution in [0.5, 0.6) is 0 Å². The molecule has 2 aromatic heterocycles. The first kappa shape index (κ1) is 13.8. The van der Waals surface area contributed by atoms with Crippen LogP contribution in [0, 0.1) is 5.41 Å². The summed E-state index contributed by atoms with van der Waals surface area (Å²) in [4.78, 5) is 8.78. The molecule has 2 aromatic rings. The Morgan fingerprint density at radius 3 is 2.89 bits per heavy atom. The summed E-state index contributed by atoms with van der Waals surface area (Å²) in [6, 6.07) is 1.98. The molecule has 2 rings (SSSR count). The van der Waals surface area contributed by atoms with Crippen molar-refractivity contribution in [3.05, 3.63) is 18.6 Å². The average Bonchev–Trinajstić information content (AvgIpc) is 2.77. The normalized spacial score (nSPS) is 12.0. The lowest BCUT2D eigenvalue weighted by Gasteiger charge is -2.24. The van der Waals surface area contributed by atoms with Gasteiger partial charge in [0.25, 0.3) is 0 Å². The van der Waals surface area contributed by atoms with Crippen molar-refractivity contribution >= 4 is 16.9 Å². The molecule has 19 heavy (non-hydrogen) atoms.